The van der Waals surface area contributed by atoms with Crippen molar-refractivity contribution in [3.63, 3.8) is 0 Å². The molecule has 92 valence electrons. The number of ether oxygens (including phenoxy) is 2. The first-order valence-electron chi connectivity index (χ1n) is 6.02. The zero-order valence-electron chi connectivity index (χ0n) is 10.1. The lowest BCUT2D eigenvalue weighted by molar-refractivity contribution is -0.0110. The molecule has 18 heavy (non-hydrogen) atoms. The van der Waals surface area contributed by atoms with E-state index in [4.69, 9.17) is 20.0 Å². The normalized spacial score (nSPS) is 18.7. The molecule has 0 radical (unpaired) electrons. The third-order valence-electron chi connectivity index (χ3n) is 2.94. The highest BCUT2D eigenvalue weighted by molar-refractivity contribution is 5.49. The first-order chi connectivity index (χ1) is 8.83. The van der Waals surface area contributed by atoms with Gasteiger partial charge in [0.2, 0.25) is 0 Å². The fraction of sp³-hybridized carbons (Fsp3) is 0.429. The van der Waals surface area contributed by atoms with Gasteiger partial charge in [0.25, 0.3) is 0 Å². The summed E-state index contributed by atoms with van der Waals surface area (Å²) in [5.74, 6) is 0.611. The molecule has 0 N–H and O–H groups in total. The predicted molar refractivity (Wildman–Crippen MR) is 65.0 cm³/mol. The van der Waals surface area contributed by atoms with Crippen molar-refractivity contribution < 1.29 is 9.47 Å². The van der Waals surface area contributed by atoms with Crippen LogP contribution in [0.25, 0.3) is 0 Å². The number of nitriles is 2. The van der Waals surface area contributed by atoms with Crippen molar-refractivity contribution in [3.05, 3.63) is 29.3 Å². The van der Waals surface area contributed by atoms with Crippen LogP contribution in [0, 0.1) is 22.7 Å². The Labute approximate surface area is 106 Å². The molecule has 0 spiro atoms. The second-order valence-electron chi connectivity index (χ2n) is 4.23. The van der Waals surface area contributed by atoms with Gasteiger partial charge >= 0.3 is 0 Å². The lowest BCUT2D eigenvalue weighted by atomic mass is 10.1. The average Bonchev–Trinajstić information content (AvgIpc) is 2.45. The third kappa shape index (κ3) is 3.00. The summed E-state index contributed by atoms with van der Waals surface area (Å²) >= 11 is 0. The monoisotopic (exact) mass is 242 g/mol. The fourth-order valence-corrected chi connectivity index (χ4v) is 1.93. The molecule has 0 saturated carbocycles. The van der Waals surface area contributed by atoms with Crippen molar-refractivity contribution in [2.45, 2.75) is 25.4 Å². The highest BCUT2D eigenvalue weighted by Gasteiger charge is 2.14. The Hall–Kier alpha value is -2.04. The van der Waals surface area contributed by atoms with Crippen LogP contribution in [-0.4, -0.2) is 19.3 Å². The molecule has 0 aromatic heterocycles. The van der Waals surface area contributed by atoms with Crippen LogP contribution in [0.2, 0.25) is 0 Å². The van der Waals surface area contributed by atoms with Gasteiger partial charge in [0, 0.05) is 6.61 Å². The number of hydrogen-bond donors (Lipinski definition) is 0. The fourth-order valence-electron chi connectivity index (χ4n) is 1.93. The molecule has 1 aromatic rings. The molecule has 4 heteroatoms. The van der Waals surface area contributed by atoms with E-state index in [0.717, 1.165) is 19.4 Å². The van der Waals surface area contributed by atoms with Crippen LogP contribution in [0.5, 0.6) is 5.75 Å². The molecule has 2 rings (SSSR count). The van der Waals surface area contributed by atoms with Crippen molar-refractivity contribution >= 4 is 0 Å². The standard InChI is InChI=1S/C14H14N2O2/c15-8-11-4-5-13(7-12(11)9-16)18-10-14-3-1-2-6-17-14/h4-5,7,14H,1-3,6,10H2. The Bertz CT molecular complexity index is 493. The van der Waals surface area contributed by atoms with E-state index in [2.05, 4.69) is 0 Å². The summed E-state index contributed by atoms with van der Waals surface area (Å²) in [6.45, 7) is 1.29. The minimum Gasteiger partial charge on any atom is -0.491 e. The van der Waals surface area contributed by atoms with Gasteiger partial charge in [-0.05, 0) is 37.5 Å². The lowest BCUT2D eigenvalue weighted by Gasteiger charge is -2.22. The quantitative estimate of drug-likeness (QED) is 0.816. The molecule has 1 aliphatic heterocycles. The molecule has 1 fully saturated rings. The Morgan fingerprint density at radius 2 is 2.06 bits per heavy atom. The molecule has 1 heterocycles. The van der Waals surface area contributed by atoms with Crippen molar-refractivity contribution in [1.29, 1.82) is 10.5 Å². The van der Waals surface area contributed by atoms with Gasteiger partial charge in [-0.1, -0.05) is 0 Å². The number of rotatable bonds is 3. The van der Waals surface area contributed by atoms with Gasteiger partial charge in [0.15, 0.2) is 0 Å². The molecular weight excluding hydrogens is 228 g/mol. The minimum atomic E-state index is 0.139. The molecule has 4 nitrogen and oxygen atoms in total. The van der Waals surface area contributed by atoms with Crippen molar-refractivity contribution in [3.8, 4) is 17.9 Å². The Balaban J connectivity index is 1.97. The van der Waals surface area contributed by atoms with E-state index in [1.54, 1.807) is 18.2 Å². The van der Waals surface area contributed by atoms with Crippen LogP contribution in [0.4, 0.5) is 0 Å². The number of hydrogen-bond acceptors (Lipinski definition) is 4. The number of benzene rings is 1. The Kier molecular flexibility index (Phi) is 4.17. The maximum atomic E-state index is 8.91. The average molecular weight is 242 g/mol. The first kappa shape index (κ1) is 12.4. The van der Waals surface area contributed by atoms with Crippen molar-refractivity contribution in [1.82, 2.24) is 0 Å². The molecule has 1 unspecified atom stereocenters. The maximum absolute atomic E-state index is 8.91. The van der Waals surface area contributed by atoms with Crippen LogP contribution >= 0.6 is 0 Å². The topological polar surface area (TPSA) is 66.0 Å². The second-order valence-corrected chi connectivity index (χ2v) is 4.23. The number of nitrogens with zero attached hydrogens (tertiary/aromatic N) is 2. The zero-order valence-corrected chi connectivity index (χ0v) is 10.1. The highest BCUT2D eigenvalue weighted by atomic mass is 16.5. The Morgan fingerprint density at radius 1 is 1.22 bits per heavy atom. The molecular formula is C14H14N2O2. The van der Waals surface area contributed by atoms with E-state index in [1.807, 2.05) is 12.1 Å². The molecule has 0 bridgehead atoms. The van der Waals surface area contributed by atoms with Crippen LogP contribution in [0.1, 0.15) is 30.4 Å². The van der Waals surface area contributed by atoms with E-state index >= 15 is 0 Å². The van der Waals surface area contributed by atoms with Gasteiger partial charge in [-0.3, -0.25) is 0 Å². The van der Waals surface area contributed by atoms with Crippen molar-refractivity contribution in [2.75, 3.05) is 13.2 Å². The van der Waals surface area contributed by atoms with E-state index in [1.165, 1.54) is 6.42 Å². The van der Waals surface area contributed by atoms with Gasteiger partial charge in [-0.25, -0.2) is 0 Å². The summed E-state index contributed by atoms with van der Waals surface area (Å²) in [7, 11) is 0. The third-order valence-corrected chi connectivity index (χ3v) is 2.94. The summed E-state index contributed by atoms with van der Waals surface area (Å²) in [5, 5.41) is 17.7. The Morgan fingerprint density at radius 3 is 2.72 bits per heavy atom. The van der Waals surface area contributed by atoms with Gasteiger partial charge in [0.1, 0.15) is 24.5 Å². The van der Waals surface area contributed by atoms with Crippen LogP contribution in [0.15, 0.2) is 18.2 Å². The summed E-state index contributed by atoms with van der Waals surface area (Å²) in [4.78, 5) is 0. The molecule has 0 aliphatic carbocycles. The molecule has 1 aliphatic rings. The highest BCUT2D eigenvalue weighted by Crippen LogP contribution is 2.19. The minimum absolute atomic E-state index is 0.139. The SMILES string of the molecule is N#Cc1ccc(OCC2CCCCO2)cc1C#N. The summed E-state index contributed by atoms with van der Waals surface area (Å²) < 4.78 is 11.2. The van der Waals surface area contributed by atoms with E-state index in [0.29, 0.717) is 23.5 Å². The summed E-state index contributed by atoms with van der Waals surface area (Å²) in [5.41, 5.74) is 0.721. The van der Waals surface area contributed by atoms with Crippen molar-refractivity contribution in [2.24, 2.45) is 0 Å². The summed E-state index contributed by atoms with van der Waals surface area (Å²) in [6.07, 6.45) is 3.44. The maximum Gasteiger partial charge on any atom is 0.120 e. The lowest BCUT2D eigenvalue weighted by Crippen LogP contribution is -2.25. The van der Waals surface area contributed by atoms with Crippen LogP contribution < -0.4 is 4.74 Å². The zero-order chi connectivity index (χ0) is 12.8. The van der Waals surface area contributed by atoms with E-state index in [9.17, 15) is 0 Å². The predicted octanol–water partition coefficient (Wildman–Crippen LogP) is 2.38. The van der Waals surface area contributed by atoms with Gasteiger partial charge in [-0.2, -0.15) is 10.5 Å². The summed E-state index contributed by atoms with van der Waals surface area (Å²) in [6, 6.07) is 8.88. The molecule has 1 saturated heterocycles. The first-order valence-corrected chi connectivity index (χ1v) is 6.02. The van der Waals surface area contributed by atoms with Crippen LogP contribution in [-0.2, 0) is 4.74 Å². The van der Waals surface area contributed by atoms with Crippen LogP contribution in [0.3, 0.4) is 0 Å². The molecule has 1 atom stereocenters. The van der Waals surface area contributed by atoms with Gasteiger partial charge < -0.3 is 9.47 Å². The molecule has 1 aromatic carbocycles. The van der Waals surface area contributed by atoms with Gasteiger partial charge in [-0.15, -0.1) is 0 Å². The van der Waals surface area contributed by atoms with E-state index < -0.39 is 0 Å². The second kappa shape index (κ2) is 6.05. The smallest absolute Gasteiger partial charge is 0.120 e. The van der Waals surface area contributed by atoms with Gasteiger partial charge in [0.05, 0.1) is 17.2 Å². The van der Waals surface area contributed by atoms with E-state index in [-0.39, 0.29) is 6.10 Å². The molecule has 0 amide bonds. The largest absolute Gasteiger partial charge is 0.491 e.